The van der Waals surface area contributed by atoms with Gasteiger partial charge in [-0.3, -0.25) is 4.79 Å². The number of ether oxygens (including phenoxy) is 1. The summed E-state index contributed by atoms with van der Waals surface area (Å²) in [7, 11) is -1.84. The van der Waals surface area contributed by atoms with Crippen molar-refractivity contribution in [2.24, 2.45) is 0 Å². The van der Waals surface area contributed by atoms with Gasteiger partial charge in [-0.25, -0.2) is 17.2 Å². The smallest absolute Gasteiger partial charge is 0.251 e. The largest absolute Gasteiger partial charge is 0.497 e. The van der Waals surface area contributed by atoms with E-state index < -0.39 is 27.6 Å². The molecule has 0 bridgehead atoms. The van der Waals surface area contributed by atoms with Gasteiger partial charge in [0, 0.05) is 44.0 Å². The van der Waals surface area contributed by atoms with Crippen LogP contribution in [0.4, 0.5) is 14.5 Å². The van der Waals surface area contributed by atoms with Gasteiger partial charge in [-0.2, -0.15) is 4.31 Å². The number of methoxy groups -OCH3 is 1. The Balaban J connectivity index is 1.43. The second kappa shape index (κ2) is 10.1. The zero-order chi connectivity index (χ0) is 22.4. The maximum atomic E-state index is 13.2. The van der Waals surface area contributed by atoms with Crippen LogP contribution < -0.4 is 15.0 Å². The van der Waals surface area contributed by atoms with Crippen LogP contribution in [0.15, 0.2) is 42.5 Å². The molecule has 0 radical (unpaired) electrons. The Labute approximate surface area is 180 Å². The van der Waals surface area contributed by atoms with Crippen LogP contribution in [-0.2, 0) is 10.0 Å². The highest BCUT2D eigenvalue weighted by Crippen LogP contribution is 2.21. The third-order valence-electron chi connectivity index (χ3n) is 5.12. The molecule has 0 aliphatic carbocycles. The minimum absolute atomic E-state index is 0.0172. The molecule has 1 amide bonds. The number of hydrogen-bond acceptors (Lipinski definition) is 5. The first-order valence-corrected chi connectivity index (χ1v) is 11.5. The Hall–Kier alpha value is -2.72. The molecule has 0 unspecified atom stereocenters. The Morgan fingerprint density at radius 3 is 2.32 bits per heavy atom. The van der Waals surface area contributed by atoms with Crippen molar-refractivity contribution >= 4 is 21.6 Å². The second-order valence-corrected chi connectivity index (χ2v) is 9.23. The lowest BCUT2D eigenvalue weighted by atomic mass is 10.2. The minimum atomic E-state index is -3.45. The fourth-order valence-corrected chi connectivity index (χ4v) is 4.83. The molecule has 0 spiro atoms. The molecule has 0 saturated carbocycles. The first-order chi connectivity index (χ1) is 14.8. The molecule has 1 aliphatic rings. The van der Waals surface area contributed by atoms with Crippen LogP contribution in [0.5, 0.6) is 5.75 Å². The molecule has 0 aromatic heterocycles. The molecule has 10 heteroatoms. The van der Waals surface area contributed by atoms with E-state index in [9.17, 15) is 22.0 Å². The van der Waals surface area contributed by atoms with Crippen LogP contribution in [0.1, 0.15) is 16.8 Å². The summed E-state index contributed by atoms with van der Waals surface area (Å²) < 4.78 is 58.0. The van der Waals surface area contributed by atoms with Crippen LogP contribution in [0, 0.1) is 11.6 Å². The van der Waals surface area contributed by atoms with Crippen molar-refractivity contribution in [3.8, 4) is 5.75 Å². The highest BCUT2D eigenvalue weighted by molar-refractivity contribution is 7.89. The summed E-state index contributed by atoms with van der Waals surface area (Å²) in [6, 6.07) is 10.5. The number of nitrogens with zero attached hydrogens (tertiary/aromatic N) is 2. The topological polar surface area (TPSA) is 79.0 Å². The molecule has 1 saturated heterocycles. The van der Waals surface area contributed by atoms with Crippen LogP contribution >= 0.6 is 0 Å². The number of nitrogens with one attached hydrogen (secondary N) is 1. The molecule has 1 heterocycles. The summed E-state index contributed by atoms with van der Waals surface area (Å²) >= 11 is 0. The number of piperazine rings is 1. The normalized spacial score (nSPS) is 15.0. The fraction of sp³-hybridized carbons (Fsp3) is 0.381. The van der Waals surface area contributed by atoms with Gasteiger partial charge in [0.2, 0.25) is 10.0 Å². The van der Waals surface area contributed by atoms with Crippen LogP contribution in [0.2, 0.25) is 0 Å². The number of carbonyl (C=O) groups is 1. The predicted molar refractivity (Wildman–Crippen MR) is 114 cm³/mol. The number of halogens is 2. The average Bonchev–Trinajstić information content (AvgIpc) is 2.78. The maximum absolute atomic E-state index is 13.2. The lowest BCUT2D eigenvalue weighted by Crippen LogP contribution is -2.49. The average molecular weight is 454 g/mol. The van der Waals surface area contributed by atoms with Crippen molar-refractivity contribution in [1.29, 1.82) is 0 Å². The van der Waals surface area contributed by atoms with E-state index in [4.69, 9.17) is 4.74 Å². The molecule has 168 valence electrons. The summed E-state index contributed by atoms with van der Waals surface area (Å²) in [5, 5.41) is 2.53. The zero-order valence-corrected chi connectivity index (χ0v) is 18.0. The van der Waals surface area contributed by atoms with Crippen molar-refractivity contribution in [2.75, 3.05) is 50.5 Å². The molecule has 3 rings (SSSR count). The third-order valence-corrected chi connectivity index (χ3v) is 7.07. The number of carbonyl (C=O) groups excluding carboxylic acids is 1. The third kappa shape index (κ3) is 5.92. The van der Waals surface area contributed by atoms with Gasteiger partial charge in [0.1, 0.15) is 5.75 Å². The predicted octanol–water partition coefficient (Wildman–Crippen LogP) is 2.25. The van der Waals surface area contributed by atoms with Gasteiger partial charge in [0.25, 0.3) is 5.91 Å². The van der Waals surface area contributed by atoms with Crippen molar-refractivity contribution in [1.82, 2.24) is 9.62 Å². The number of anilines is 1. The van der Waals surface area contributed by atoms with E-state index in [1.165, 1.54) is 10.4 Å². The van der Waals surface area contributed by atoms with E-state index in [1.54, 1.807) is 7.11 Å². The molecular weight excluding hydrogens is 428 g/mol. The molecule has 31 heavy (non-hydrogen) atoms. The first-order valence-electron chi connectivity index (χ1n) is 9.90. The zero-order valence-electron chi connectivity index (χ0n) is 17.2. The van der Waals surface area contributed by atoms with Crippen molar-refractivity contribution in [2.45, 2.75) is 6.42 Å². The van der Waals surface area contributed by atoms with Crippen LogP contribution in [0.25, 0.3) is 0 Å². The van der Waals surface area contributed by atoms with Crippen LogP contribution in [-0.4, -0.2) is 64.2 Å². The first kappa shape index (κ1) is 23.0. The molecule has 0 atom stereocenters. The summed E-state index contributed by atoms with van der Waals surface area (Å²) in [4.78, 5) is 14.1. The summed E-state index contributed by atoms with van der Waals surface area (Å²) in [5.74, 6) is -2.06. The molecule has 2 aromatic carbocycles. The Kier molecular flexibility index (Phi) is 7.45. The summed E-state index contributed by atoms with van der Waals surface area (Å²) in [6.45, 7) is 2.05. The van der Waals surface area contributed by atoms with Gasteiger partial charge in [-0.15, -0.1) is 0 Å². The second-order valence-electron chi connectivity index (χ2n) is 7.14. The summed E-state index contributed by atoms with van der Waals surface area (Å²) in [5.41, 5.74) is 0.995. The van der Waals surface area contributed by atoms with Crippen LogP contribution in [0.3, 0.4) is 0 Å². The van der Waals surface area contributed by atoms with E-state index in [-0.39, 0.29) is 24.3 Å². The van der Waals surface area contributed by atoms with E-state index in [2.05, 4.69) is 10.2 Å². The number of hydrogen-bond donors (Lipinski definition) is 1. The monoisotopic (exact) mass is 453 g/mol. The molecule has 2 aromatic rings. The number of benzene rings is 2. The molecule has 1 fully saturated rings. The van der Waals surface area contributed by atoms with Crippen molar-refractivity contribution in [3.05, 3.63) is 59.7 Å². The molecular formula is C21H25F2N3O4S. The number of amides is 1. The van der Waals surface area contributed by atoms with Crippen molar-refractivity contribution < 1.29 is 26.7 Å². The Morgan fingerprint density at radius 1 is 1.03 bits per heavy atom. The standard InChI is InChI=1S/C21H25F2N3O4S/c1-30-18-6-4-17(5-7-18)25-10-12-26(13-11-25)31(28,29)14-2-9-24-21(27)16-3-8-19(22)20(23)15-16/h3-8,15H,2,9-14H2,1H3,(H,24,27). The quantitative estimate of drug-likeness (QED) is 0.621. The molecule has 1 N–H and O–H groups in total. The Morgan fingerprint density at radius 2 is 1.71 bits per heavy atom. The minimum Gasteiger partial charge on any atom is -0.497 e. The SMILES string of the molecule is COc1ccc(N2CCN(S(=O)(=O)CCCNC(=O)c3ccc(F)c(F)c3)CC2)cc1. The lowest BCUT2D eigenvalue weighted by Gasteiger charge is -2.35. The van der Waals surface area contributed by atoms with Gasteiger partial charge in [-0.05, 0) is 48.9 Å². The van der Waals surface area contributed by atoms with Gasteiger partial charge < -0.3 is 15.0 Å². The van der Waals surface area contributed by atoms with E-state index in [1.807, 2.05) is 24.3 Å². The Bertz CT molecular complexity index is 1010. The van der Waals surface area contributed by atoms with Gasteiger partial charge in [0.15, 0.2) is 11.6 Å². The van der Waals surface area contributed by atoms with Gasteiger partial charge in [-0.1, -0.05) is 0 Å². The summed E-state index contributed by atoms with van der Waals surface area (Å²) in [6.07, 6.45) is 0.219. The molecule has 7 nitrogen and oxygen atoms in total. The van der Waals surface area contributed by atoms with E-state index in [0.29, 0.717) is 26.2 Å². The fourth-order valence-electron chi connectivity index (χ4n) is 3.34. The number of rotatable bonds is 8. The van der Waals surface area contributed by atoms with E-state index >= 15 is 0 Å². The van der Waals surface area contributed by atoms with Crippen molar-refractivity contribution in [3.63, 3.8) is 0 Å². The number of sulfonamides is 1. The maximum Gasteiger partial charge on any atom is 0.251 e. The van der Waals surface area contributed by atoms with Gasteiger partial charge in [0.05, 0.1) is 12.9 Å². The highest BCUT2D eigenvalue weighted by atomic mass is 32.2. The lowest BCUT2D eigenvalue weighted by molar-refractivity contribution is 0.0953. The molecule has 1 aliphatic heterocycles. The highest BCUT2D eigenvalue weighted by Gasteiger charge is 2.26. The van der Waals surface area contributed by atoms with Gasteiger partial charge >= 0.3 is 0 Å². The van der Waals surface area contributed by atoms with E-state index in [0.717, 1.165) is 23.6 Å².